The molecule has 1 aliphatic heterocycles. The van der Waals surface area contributed by atoms with Gasteiger partial charge in [0, 0.05) is 11.9 Å². The monoisotopic (exact) mass is 363 g/mol. The number of tetrazole rings is 1. The third-order valence-electron chi connectivity index (χ3n) is 5.06. The van der Waals surface area contributed by atoms with Crippen molar-refractivity contribution in [2.75, 3.05) is 10.2 Å². The molecule has 1 aromatic heterocycles. The second kappa shape index (κ2) is 6.99. The number of benzene rings is 1. The van der Waals surface area contributed by atoms with Crippen LogP contribution in [0.15, 0.2) is 30.5 Å². The number of anilines is 2. The van der Waals surface area contributed by atoms with E-state index in [1.54, 1.807) is 24.3 Å². The molecule has 2 unspecified atom stereocenters. The maximum absolute atomic E-state index is 12.6. The quantitative estimate of drug-likeness (QED) is 0.627. The number of imide groups is 1. The first-order valence-electron chi connectivity index (χ1n) is 8.77. The van der Waals surface area contributed by atoms with E-state index < -0.39 is 0 Å². The van der Waals surface area contributed by atoms with Gasteiger partial charge in [0.1, 0.15) is 11.6 Å². The highest BCUT2D eigenvalue weighted by atomic mass is 16.2. The van der Waals surface area contributed by atoms with Gasteiger partial charge in [-0.2, -0.15) is 10.5 Å². The minimum atomic E-state index is -0.167. The molecule has 1 aliphatic carbocycles. The number of carbonyl (C=O) groups excluding carboxylic acids is 2. The van der Waals surface area contributed by atoms with Gasteiger partial charge in [-0.1, -0.05) is 12.8 Å². The Kier molecular flexibility index (Phi) is 4.38. The van der Waals surface area contributed by atoms with E-state index in [1.165, 1.54) is 11.1 Å². The van der Waals surface area contributed by atoms with Crippen LogP contribution in [0.25, 0.3) is 5.57 Å². The van der Waals surface area contributed by atoms with E-state index in [0.29, 0.717) is 11.4 Å². The Morgan fingerprint density at radius 3 is 2.41 bits per heavy atom. The van der Waals surface area contributed by atoms with Crippen LogP contribution in [0, 0.1) is 23.2 Å². The number of H-pyrrole nitrogens is 1. The zero-order valence-electron chi connectivity index (χ0n) is 14.4. The van der Waals surface area contributed by atoms with Crippen molar-refractivity contribution in [1.82, 2.24) is 20.6 Å². The van der Waals surface area contributed by atoms with Crippen LogP contribution >= 0.6 is 0 Å². The average molecular weight is 363 g/mol. The van der Waals surface area contributed by atoms with Gasteiger partial charge in [0.2, 0.25) is 17.6 Å². The summed E-state index contributed by atoms with van der Waals surface area (Å²) in [7, 11) is 0. The van der Waals surface area contributed by atoms with Gasteiger partial charge in [0.15, 0.2) is 0 Å². The molecule has 2 heterocycles. The number of fused-ring (bicyclic) bond motifs is 1. The van der Waals surface area contributed by atoms with Gasteiger partial charge in [-0.3, -0.25) is 14.5 Å². The van der Waals surface area contributed by atoms with Crippen LogP contribution in [0.3, 0.4) is 0 Å². The van der Waals surface area contributed by atoms with Gasteiger partial charge < -0.3 is 5.32 Å². The van der Waals surface area contributed by atoms with Crippen molar-refractivity contribution in [3.8, 4) is 6.07 Å². The van der Waals surface area contributed by atoms with E-state index in [2.05, 4.69) is 25.9 Å². The molecule has 27 heavy (non-hydrogen) atoms. The second-order valence-electron chi connectivity index (χ2n) is 6.61. The van der Waals surface area contributed by atoms with Gasteiger partial charge in [0.25, 0.3) is 0 Å². The molecule has 1 saturated carbocycles. The van der Waals surface area contributed by atoms with E-state index in [1.807, 2.05) is 6.07 Å². The van der Waals surface area contributed by atoms with Crippen LogP contribution in [0.2, 0.25) is 0 Å². The van der Waals surface area contributed by atoms with Crippen molar-refractivity contribution < 1.29 is 9.59 Å². The summed E-state index contributed by atoms with van der Waals surface area (Å²) in [6.45, 7) is 0. The Bertz CT molecular complexity index is 904. The molecule has 2 N–H and O–H groups in total. The highest BCUT2D eigenvalue weighted by molar-refractivity contribution is 6.22. The fourth-order valence-corrected chi connectivity index (χ4v) is 3.70. The maximum atomic E-state index is 12.6. The number of nitrogens with one attached hydrogen (secondary N) is 2. The van der Waals surface area contributed by atoms with E-state index in [-0.39, 0.29) is 35.0 Å². The lowest BCUT2D eigenvalue weighted by Gasteiger charge is -2.19. The minimum absolute atomic E-state index is 0.0887. The number of rotatable bonds is 4. The largest absolute Gasteiger partial charge is 0.360 e. The van der Waals surface area contributed by atoms with Gasteiger partial charge in [-0.15, -0.1) is 10.2 Å². The molecule has 0 radical (unpaired) electrons. The molecular formula is C18H17N7O2. The fourth-order valence-electron chi connectivity index (χ4n) is 3.70. The van der Waals surface area contributed by atoms with Crippen molar-refractivity contribution in [1.29, 1.82) is 5.26 Å². The fraction of sp³-hybridized carbons (Fsp3) is 0.333. The first-order chi connectivity index (χ1) is 13.2. The number of allylic oxidation sites excluding steroid dienone is 1. The third-order valence-corrected chi connectivity index (χ3v) is 5.06. The van der Waals surface area contributed by atoms with E-state index in [9.17, 15) is 9.59 Å². The number of aromatic amines is 1. The zero-order chi connectivity index (χ0) is 18.8. The summed E-state index contributed by atoms with van der Waals surface area (Å²) < 4.78 is 0. The first kappa shape index (κ1) is 16.9. The summed E-state index contributed by atoms with van der Waals surface area (Å²) in [5.74, 6) is -0.318. The van der Waals surface area contributed by atoms with E-state index >= 15 is 0 Å². The molecule has 4 rings (SSSR count). The Hall–Kier alpha value is -3.54. The molecule has 1 aromatic carbocycles. The molecule has 1 saturated heterocycles. The number of amides is 2. The Morgan fingerprint density at radius 1 is 1.19 bits per heavy atom. The molecule has 9 heteroatoms. The number of nitriles is 1. The van der Waals surface area contributed by atoms with Gasteiger partial charge in [-0.25, -0.2) is 0 Å². The summed E-state index contributed by atoms with van der Waals surface area (Å²) in [5.41, 5.74) is 1.50. The zero-order valence-corrected chi connectivity index (χ0v) is 14.4. The predicted molar refractivity (Wildman–Crippen MR) is 95.8 cm³/mol. The third kappa shape index (κ3) is 3.06. The molecule has 9 nitrogen and oxygen atoms in total. The molecule has 2 atom stereocenters. The van der Waals surface area contributed by atoms with Crippen LogP contribution in [-0.4, -0.2) is 32.4 Å². The van der Waals surface area contributed by atoms with Crippen LogP contribution in [0.1, 0.15) is 31.5 Å². The average Bonchev–Trinajstić information content (AvgIpc) is 3.31. The lowest BCUT2D eigenvalue weighted by molar-refractivity contribution is -0.122. The number of hydrogen-bond donors (Lipinski definition) is 2. The molecular weight excluding hydrogens is 346 g/mol. The molecule has 2 amide bonds. The lowest BCUT2D eigenvalue weighted by atomic mass is 9.81. The number of carbonyl (C=O) groups is 2. The van der Waals surface area contributed by atoms with Crippen molar-refractivity contribution in [2.24, 2.45) is 11.8 Å². The second-order valence-corrected chi connectivity index (χ2v) is 6.61. The summed E-state index contributed by atoms with van der Waals surface area (Å²) in [6, 6.07) is 8.94. The van der Waals surface area contributed by atoms with Crippen molar-refractivity contribution >= 4 is 28.8 Å². The topological polar surface area (TPSA) is 128 Å². The van der Waals surface area contributed by atoms with Crippen molar-refractivity contribution in [3.05, 3.63) is 36.3 Å². The van der Waals surface area contributed by atoms with Crippen LogP contribution < -0.4 is 10.2 Å². The Balaban J connectivity index is 1.50. The SMILES string of the molecule is N#CC(=CNc1ccc(N2C(=O)C3CCCCC3C2=O)cc1)c1nn[nH]n1. The molecule has 0 bridgehead atoms. The number of aromatic nitrogens is 4. The van der Waals surface area contributed by atoms with Crippen molar-refractivity contribution in [2.45, 2.75) is 25.7 Å². The first-order valence-corrected chi connectivity index (χ1v) is 8.77. The van der Waals surface area contributed by atoms with E-state index in [0.717, 1.165) is 25.7 Å². The predicted octanol–water partition coefficient (Wildman–Crippen LogP) is 1.86. The van der Waals surface area contributed by atoms with Crippen molar-refractivity contribution in [3.63, 3.8) is 0 Å². The van der Waals surface area contributed by atoms with E-state index in [4.69, 9.17) is 5.26 Å². The van der Waals surface area contributed by atoms with Gasteiger partial charge in [0.05, 0.1) is 17.5 Å². The molecule has 2 aromatic rings. The summed E-state index contributed by atoms with van der Waals surface area (Å²) in [6.07, 6.45) is 5.07. The van der Waals surface area contributed by atoms with Crippen LogP contribution in [0.5, 0.6) is 0 Å². The summed E-state index contributed by atoms with van der Waals surface area (Å²) in [5, 5.41) is 25.4. The summed E-state index contributed by atoms with van der Waals surface area (Å²) in [4.78, 5) is 26.6. The number of nitrogens with zero attached hydrogens (tertiary/aromatic N) is 5. The molecule has 136 valence electrons. The van der Waals surface area contributed by atoms with Crippen LogP contribution in [-0.2, 0) is 9.59 Å². The van der Waals surface area contributed by atoms with Gasteiger partial charge >= 0.3 is 0 Å². The molecule has 0 spiro atoms. The number of hydrogen-bond acceptors (Lipinski definition) is 7. The molecule has 2 aliphatic rings. The van der Waals surface area contributed by atoms with Crippen LogP contribution in [0.4, 0.5) is 11.4 Å². The highest BCUT2D eigenvalue weighted by Crippen LogP contribution is 2.40. The lowest BCUT2D eigenvalue weighted by Crippen LogP contribution is -2.30. The Morgan fingerprint density at radius 2 is 1.85 bits per heavy atom. The maximum Gasteiger partial charge on any atom is 0.237 e. The Labute approximate surface area is 155 Å². The molecule has 2 fully saturated rings. The highest BCUT2D eigenvalue weighted by Gasteiger charge is 2.48. The standard InChI is InChI=1S/C18H17N7O2/c19-9-11(16-21-23-24-22-16)10-20-12-5-7-13(8-6-12)25-17(26)14-3-1-2-4-15(14)18(25)27/h5-8,10,14-15,20H,1-4H2,(H,21,22,23,24). The smallest absolute Gasteiger partial charge is 0.237 e. The normalized spacial score (nSPS) is 22.5. The van der Waals surface area contributed by atoms with Gasteiger partial charge in [-0.05, 0) is 42.3 Å². The minimum Gasteiger partial charge on any atom is -0.360 e. The summed E-state index contributed by atoms with van der Waals surface area (Å²) >= 11 is 0.